The first-order valence-electron chi connectivity index (χ1n) is 4.52. The molecule has 0 saturated carbocycles. The first-order chi connectivity index (χ1) is 8.13. The van der Waals surface area contributed by atoms with Gasteiger partial charge in [0.05, 0.1) is 18.0 Å². The molecule has 0 aliphatic heterocycles. The molecule has 0 saturated heterocycles. The van der Waals surface area contributed by atoms with E-state index in [0.29, 0.717) is 4.88 Å². The van der Waals surface area contributed by atoms with Crippen LogP contribution in [0.2, 0.25) is 0 Å². The highest BCUT2D eigenvalue weighted by Gasteiger charge is 2.19. The van der Waals surface area contributed by atoms with Gasteiger partial charge in [-0.2, -0.15) is 5.21 Å². The monoisotopic (exact) mass is 275 g/mol. The summed E-state index contributed by atoms with van der Waals surface area (Å²) in [5.74, 6) is 0.245. The Labute approximate surface area is 101 Å². The lowest BCUT2D eigenvalue weighted by Crippen LogP contribution is -2.24. The standard InChI is InChI=1S/C7H9N5O3S2/c13-4-5-6(1-2-16-5)17(14,15)8-3-7-9-11-12-10-7/h1-2,8,13H,3-4H2,(H,9,10,11,12). The molecule has 0 spiro atoms. The molecule has 0 radical (unpaired) electrons. The van der Waals surface area contributed by atoms with Gasteiger partial charge in [-0.1, -0.05) is 5.21 Å². The maximum absolute atomic E-state index is 11.9. The van der Waals surface area contributed by atoms with Crippen LogP contribution in [0.1, 0.15) is 10.7 Å². The van der Waals surface area contributed by atoms with Crippen LogP contribution >= 0.6 is 11.3 Å². The van der Waals surface area contributed by atoms with E-state index in [9.17, 15) is 8.42 Å². The van der Waals surface area contributed by atoms with Crippen molar-refractivity contribution in [2.75, 3.05) is 0 Å². The Morgan fingerprint density at radius 3 is 3.00 bits per heavy atom. The number of nitrogens with zero attached hydrogens (tertiary/aromatic N) is 3. The van der Waals surface area contributed by atoms with Crippen molar-refractivity contribution in [1.29, 1.82) is 0 Å². The Kier molecular flexibility index (Phi) is 3.47. The van der Waals surface area contributed by atoms with Gasteiger partial charge in [-0.05, 0) is 11.4 Å². The summed E-state index contributed by atoms with van der Waals surface area (Å²) in [7, 11) is -3.66. The van der Waals surface area contributed by atoms with Crippen LogP contribution in [0.4, 0.5) is 0 Å². The second-order valence-corrected chi connectivity index (χ2v) is 5.75. The van der Waals surface area contributed by atoms with Gasteiger partial charge in [-0.15, -0.1) is 21.5 Å². The van der Waals surface area contributed by atoms with Crippen LogP contribution in [0.25, 0.3) is 0 Å². The Morgan fingerprint density at radius 2 is 2.35 bits per heavy atom. The number of aliphatic hydroxyl groups excluding tert-OH is 1. The zero-order valence-corrected chi connectivity index (χ0v) is 10.1. The smallest absolute Gasteiger partial charge is 0.242 e. The van der Waals surface area contributed by atoms with Crippen molar-refractivity contribution in [2.24, 2.45) is 0 Å². The van der Waals surface area contributed by atoms with E-state index >= 15 is 0 Å². The number of aliphatic hydroxyl groups is 1. The van der Waals surface area contributed by atoms with Crippen LogP contribution < -0.4 is 4.72 Å². The predicted octanol–water partition coefficient (Wildman–Crippen LogP) is -0.768. The average Bonchev–Trinajstić information content (AvgIpc) is 2.97. The molecule has 2 heterocycles. The minimum atomic E-state index is -3.66. The quantitative estimate of drug-likeness (QED) is 0.659. The lowest BCUT2D eigenvalue weighted by atomic mass is 10.5. The van der Waals surface area contributed by atoms with Crippen molar-refractivity contribution in [3.63, 3.8) is 0 Å². The third-order valence-corrected chi connectivity index (χ3v) is 4.47. The number of aromatic amines is 1. The summed E-state index contributed by atoms with van der Waals surface area (Å²) < 4.78 is 26.1. The van der Waals surface area contributed by atoms with Gasteiger partial charge in [-0.3, -0.25) is 0 Å². The number of rotatable bonds is 5. The molecule has 0 unspecified atom stereocenters. The molecule has 10 heteroatoms. The molecule has 0 amide bonds. The van der Waals surface area contributed by atoms with Crippen LogP contribution in [-0.2, 0) is 23.2 Å². The second kappa shape index (κ2) is 4.87. The van der Waals surface area contributed by atoms with Gasteiger partial charge in [0.25, 0.3) is 0 Å². The largest absolute Gasteiger partial charge is 0.391 e. The minimum Gasteiger partial charge on any atom is -0.391 e. The summed E-state index contributed by atoms with van der Waals surface area (Å²) in [6, 6.07) is 1.44. The molecule has 2 aromatic rings. The summed E-state index contributed by atoms with van der Waals surface area (Å²) >= 11 is 1.18. The lowest BCUT2D eigenvalue weighted by Gasteiger charge is -2.04. The molecule has 92 valence electrons. The molecular weight excluding hydrogens is 266 g/mol. The zero-order valence-electron chi connectivity index (χ0n) is 8.49. The summed E-state index contributed by atoms with van der Waals surface area (Å²) in [4.78, 5) is 0.471. The normalized spacial score (nSPS) is 11.8. The molecule has 2 rings (SSSR count). The predicted molar refractivity (Wildman–Crippen MR) is 58.4 cm³/mol. The van der Waals surface area contributed by atoms with E-state index < -0.39 is 10.0 Å². The zero-order chi connectivity index (χ0) is 12.3. The number of thiophene rings is 1. The molecule has 0 bridgehead atoms. The minimum absolute atomic E-state index is 0.0560. The number of H-pyrrole nitrogens is 1. The Bertz CT molecular complexity index is 576. The van der Waals surface area contributed by atoms with Crippen LogP contribution in [0.5, 0.6) is 0 Å². The molecule has 0 atom stereocenters. The van der Waals surface area contributed by atoms with E-state index in [2.05, 4.69) is 25.3 Å². The Hall–Kier alpha value is -1.36. The number of tetrazole rings is 1. The SMILES string of the molecule is O=S(=O)(NCc1nn[nH]n1)c1ccsc1CO. The van der Waals surface area contributed by atoms with Crippen LogP contribution in [0.3, 0.4) is 0 Å². The molecule has 0 aliphatic rings. The van der Waals surface area contributed by atoms with Crippen molar-refractivity contribution in [1.82, 2.24) is 25.3 Å². The van der Waals surface area contributed by atoms with E-state index in [4.69, 9.17) is 5.11 Å². The maximum Gasteiger partial charge on any atom is 0.242 e. The molecule has 0 aromatic carbocycles. The van der Waals surface area contributed by atoms with Gasteiger partial charge >= 0.3 is 0 Å². The third kappa shape index (κ3) is 2.66. The van der Waals surface area contributed by atoms with E-state index in [1.807, 2.05) is 0 Å². The third-order valence-electron chi connectivity index (χ3n) is 1.95. The van der Waals surface area contributed by atoms with Crippen molar-refractivity contribution in [2.45, 2.75) is 18.0 Å². The van der Waals surface area contributed by atoms with Crippen molar-refractivity contribution < 1.29 is 13.5 Å². The molecule has 17 heavy (non-hydrogen) atoms. The second-order valence-electron chi connectivity index (χ2n) is 3.02. The Morgan fingerprint density at radius 1 is 1.53 bits per heavy atom. The first-order valence-corrected chi connectivity index (χ1v) is 6.89. The molecule has 0 aliphatic carbocycles. The van der Waals surface area contributed by atoms with E-state index in [1.165, 1.54) is 17.4 Å². The number of sulfonamides is 1. The van der Waals surface area contributed by atoms with Crippen LogP contribution in [-0.4, -0.2) is 34.1 Å². The summed E-state index contributed by atoms with van der Waals surface area (Å²) in [6.45, 7) is -0.365. The fourth-order valence-corrected chi connectivity index (χ4v) is 3.45. The van der Waals surface area contributed by atoms with E-state index in [1.54, 1.807) is 5.38 Å². The van der Waals surface area contributed by atoms with Gasteiger partial charge in [0.2, 0.25) is 10.0 Å². The molecule has 8 nitrogen and oxygen atoms in total. The number of hydrogen-bond donors (Lipinski definition) is 3. The Balaban J connectivity index is 2.14. The van der Waals surface area contributed by atoms with Gasteiger partial charge < -0.3 is 5.11 Å². The number of aromatic nitrogens is 4. The highest BCUT2D eigenvalue weighted by Crippen LogP contribution is 2.21. The molecule has 0 fully saturated rings. The average molecular weight is 275 g/mol. The topological polar surface area (TPSA) is 121 Å². The van der Waals surface area contributed by atoms with Gasteiger partial charge in [-0.25, -0.2) is 13.1 Å². The van der Waals surface area contributed by atoms with E-state index in [0.717, 1.165) is 0 Å². The summed E-state index contributed by atoms with van der Waals surface area (Å²) in [5, 5.41) is 23.4. The van der Waals surface area contributed by atoms with Gasteiger partial charge in [0, 0.05) is 4.88 Å². The highest BCUT2D eigenvalue weighted by molar-refractivity contribution is 7.89. The van der Waals surface area contributed by atoms with Crippen LogP contribution in [0, 0.1) is 0 Å². The van der Waals surface area contributed by atoms with E-state index in [-0.39, 0.29) is 23.9 Å². The maximum atomic E-state index is 11.9. The summed E-state index contributed by atoms with van der Waals surface area (Å²) in [5.41, 5.74) is 0. The summed E-state index contributed by atoms with van der Waals surface area (Å²) in [6.07, 6.45) is 0. The van der Waals surface area contributed by atoms with Gasteiger partial charge in [0.1, 0.15) is 0 Å². The molecule has 3 N–H and O–H groups in total. The fourth-order valence-electron chi connectivity index (χ4n) is 1.18. The number of hydrogen-bond acceptors (Lipinski definition) is 7. The first kappa shape index (κ1) is 12.1. The fraction of sp³-hybridized carbons (Fsp3) is 0.286. The van der Waals surface area contributed by atoms with Crippen molar-refractivity contribution in [3.05, 3.63) is 22.1 Å². The number of nitrogens with one attached hydrogen (secondary N) is 2. The molecular formula is C7H9N5O3S2. The van der Waals surface area contributed by atoms with Crippen LogP contribution in [0.15, 0.2) is 16.3 Å². The molecule has 2 aromatic heterocycles. The highest BCUT2D eigenvalue weighted by atomic mass is 32.2. The van der Waals surface area contributed by atoms with Gasteiger partial charge in [0.15, 0.2) is 5.82 Å². The van der Waals surface area contributed by atoms with Crippen molar-refractivity contribution in [3.8, 4) is 0 Å². The van der Waals surface area contributed by atoms with Crippen molar-refractivity contribution >= 4 is 21.4 Å². The lowest BCUT2D eigenvalue weighted by molar-refractivity contribution is 0.282.